The molecule has 1 heterocycles. The summed E-state index contributed by atoms with van der Waals surface area (Å²) in [5, 5.41) is 11.8. The zero-order chi connectivity index (χ0) is 24.7. The molecule has 34 heavy (non-hydrogen) atoms. The number of benzene rings is 2. The van der Waals surface area contributed by atoms with Gasteiger partial charge in [0.05, 0.1) is 16.4 Å². The lowest BCUT2D eigenvalue weighted by Gasteiger charge is -2.33. The number of hydrogen-bond donors (Lipinski definition) is 0. The van der Waals surface area contributed by atoms with Crippen molar-refractivity contribution in [1.29, 1.82) is 0 Å². The first-order valence-electron chi connectivity index (χ1n) is 11.2. The van der Waals surface area contributed by atoms with E-state index in [-0.39, 0.29) is 17.7 Å². The normalized spacial score (nSPS) is 14.0. The maximum atomic E-state index is 12.6. The SMILES string of the molecule is CCOC(=O)N1CCN(C(=O)/C=C/c2ccc(Sc3ccccc3C(C)C)c([N+](=O)[O-])c2)CC1. The number of ether oxygens (including phenoxy) is 1. The van der Waals surface area contributed by atoms with Gasteiger partial charge in [-0.25, -0.2) is 4.79 Å². The summed E-state index contributed by atoms with van der Waals surface area (Å²) in [7, 11) is 0. The number of nitro benzene ring substituents is 1. The molecule has 2 amide bonds. The highest BCUT2D eigenvalue weighted by atomic mass is 32.2. The van der Waals surface area contributed by atoms with E-state index in [1.165, 1.54) is 23.9 Å². The van der Waals surface area contributed by atoms with Gasteiger partial charge >= 0.3 is 6.09 Å². The van der Waals surface area contributed by atoms with Crippen molar-refractivity contribution in [2.24, 2.45) is 0 Å². The molecule has 180 valence electrons. The third-order valence-corrected chi connectivity index (χ3v) is 6.63. The molecule has 0 bridgehead atoms. The molecule has 1 aliphatic rings. The average molecular weight is 484 g/mol. The van der Waals surface area contributed by atoms with Gasteiger partial charge in [0.1, 0.15) is 0 Å². The van der Waals surface area contributed by atoms with Gasteiger partial charge in [-0.1, -0.05) is 49.9 Å². The Morgan fingerprint density at radius 1 is 1.09 bits per heavy atom. The summed E-state index contributed by atoms with van der Waals surface area (Å²) < 4.78 is 4.99. The first-order chi connectivity index (χ1) is 16.3. The van der Waals surface area contributed by atoms with E-state index >= 15 is 0 Å². The molecule has 0 aliphatic carbocycles. The second kappa shape index (κ2) is 11.7. The van der Waals surface area contributed by atoms with Crippen molar-refractivity contribution in [3.63, 3.8) is 0 Å². The fraction of sp³-hybridized carbons (Fsp3) is 0.360. The van der Waals surface area contributed by atoms with E-state index in [0.29, 0.717) is 49.2 Å². The minimum Gasteiger partial charge on any atom is -0.450 e. The summed E-state index contributed by atoms with van der Waals surface area (Å²) in [6.45, 7) is 7.89. The van der Waals surface area contributed by atoms with Gasteiger partial charge in [-0.05, 0) is 42.2 Å². The molecule has 0 radical (unpaired) electrons. The smallest absolute Gasteiger partial charge is 0.409 e. The monoisotopic (exact) mass is 483 g/mol. The highest BCUT2D eigenvalue weighted by Gasteiger charge is 2.24. The zero-order valence-corrected chi connectivity index (χ0v) is 20.4. The zero-order valence-electron chi connectivity index (χ0n) is 19.6. The molecule has 1 fully saturated rings. The molecule has 0 spiro atoms. The molecule has 0 N–H and O–H groups in total. The van der Waals surface area contributed by atoms with E-state index in [1.54, 1.807) is 34.9 Å². The lowest BCUT2D eigenvalue weighted by atomic mass is 10.0. The number of piperazine rings is 1. The summed E-state index contributed by atoms with van der Waals surface area (Å²) >= 11 is 1.38. The molecule has 2 aromatic carbocycles. The molecule has 9 heteroatoms. The molecule has 0 aromatic heterocycles. The largest absolute Gasteiger partial charge is 0.450 e. The van der Waals surface area contributed by atoms with Crippen LogP contribution in [0.2, 0.25) is 0 Å². The third kappa shape index (κ3) is 6.38. The summed E-state index contributed by atoms with van der Waals surface area (Å²) in [5.74, 6) is 0.102. The highest BCUT2D eigenvalue weighted by molar-refractivity contribution is 7.99. The maximum Gasteiger partial charge on any atom is 0.409 e. The summed E-state index contributed by atoms with van der Waals surface area (Å²) in [4.78, 5) is 40.5. The average Bonchev–Trinajstić information content (AvgIpc) is 2.83. The first-order valence-corrected chi connectivity index (χ1v) is 12.1. The van der Waals surface area contributed by atoms with E-state index in [1.807, 2.05) is 24.3 Å². The van der Waals surface area contributed by atoms with Crippen LogP contribution in [0.3, 0.4) is 0 Å². The van der Waals surface area contributed by atoms with E-state index in [9.17, 15) is 19.7 Å². The molecule has 1 aliphatic heterocycles. The predicted molar refractivity (Wildman–Crippen MR) is 132 cm³/mol. The predicted octanol–water partition coefficient (Wildman–Crippen LogP) is 5.18. The molecular formula is C25H29N3O5S. The Kier molecular flexibility index (Phi) is 8.70. The van der Waals surface area contributed by atoms with Gasteiger partial charge in [-0.2, -0.15) is 0 Å². The van der Waals surface area contributed by atoms with Gasteiger partial charge in [0, 0.05) is 43.2 Å². The Bertz CT molecular complexity index is 1080. The second-order valence-electron chi connectivity index (χ2n) is 8.12. The van der Waals surface area contributed by atoms with Crippen LogP contribution < -0.4 is 0 Å². The molecule has 3 rings (SSSR count). The van der Waals surface area contributed by atoms with E-state index < -0.39 is 4.92 Å². The second-order valence-corrected chi connectivity index (χ2v) is 9.21. The molecule has 2 aromatic rings. The topological polar surface area (TPSA) is 93.0 Å². The third-order valence-electron chi connectivity index (χ3n) is 5.48. The van der Waals surface area contributed by atoms with Crippen molar-refractivity contribution in [2.45, 2.75) is 36.5 Å². The number of nitrogens with zero attached hydrogens (tertiary/aromatic N) is 3. The summed E-state index contributed by atoms with van der Waals surface area (Å²) in [5.41, 5.74) is 1.72. The Hall–Kier alpha value is -3.33. The number of carbonyl (C=O) groups is 2. The van der Waals surface area contributed by atoms with Crippen LogP contribution in [-0.4, -0.2) is 59.5 Å². The van der Waals surface area contributed by atoms with Gasteiger partial charge in [0.25, 0.3) is 5.69 Å². The van der Waals surface area contributed by atoms with Crippen molar-refractivity contribution in [3.8, 4) is 0 Å². The Labute approximate surface area is 203 Å². The van der Waals surface area contributed by atoms with Crippen LogP contribution in [0.25, 0.3) is 6.08 Å². The Morgan fingerprint density at radius 3 is 2.41 bits per heavy atom. The van der Waals surface area contributed by atoms with E-state index in [0.717, 1.165) is 10.5 Å². The lowest BCUT2D eigenvalue weighted by molar-refractivity contribution is -0.387. The van der Waals surface area contributed by atoms with Gasteiger partial charge in [-0.3, -0.25) is 14.9 Å². The van der Waals surface area contributed by atoms with Gasteiger partial charge < -0.3 is 14.5 Å². The number of carbonyl (C=O) groups excluding carboxylic acids is 2. The van der Waals surface area contributed by atoms with E-state index in [4.69, 9.17) is 4.74 Å². The van der Waals surface area contributed by atoms with Crippen molar-refractivity contribution < 1.29 is 19.2 Å². The molecule has 0 unspecified atom stereocenters. The van der Waals surface area contributed by atoms with Gasteiger partial charge in [-0.15, -0.1) is 0 Å². The fourth-order valence-electron chi connectivity index (χ4n) is 3.63. The molecule has 0 saturated carbocycles. The maximum absolute atomic E-state index is 12.6. The van der Waals surface area contributed by atoms with Crippen molar-refractivity contribution in [1.82, 2.24) is 9.80 Å². The molecular weight excluding hydrogens is 454 g/mol. The van der Waals surface area contributed by atoms with Crippen LogP contribution >= 0.6 is 11.8 Å². The summed E-state index contributed by atoms with van der Waals surface area (Å²) in [6, 6.07) is 12.9. The van der Waals surface area contributed by atoms with Crippen LogP contribution in [-0.2, 0) is 9.53 Å². The number of hydrogen-bond acceptors (Lipinski definition) is 6. The Morgan fingerprint density at radius 2 is 1.76 bits per heavy atom. The van der Waals surface area contributed by atoms with Crippen molar-refractivity contribution in [2.75, 3.05) is 32.8 Å². The van der Waals surface area contributed by atoms with Crippen LogP contribution in [0.5, 0.6) is 0 Å². The fourth-order valence-corrected chi connectivity index (χ4v) is 4.81. The first kappa shape index (κ1) is 25.3. The lowest BCUT2D eigenvalue weighted by Crippen LogP contribution is -2.50. The number of rotatable bonds is 7. The quantitative estimate of drug-likeness (QED) is 0.306. The molecule has 1 saturated heterocycles. The van der Waals surface area contributed by atoms with Gasteiger partial charge in [0.2, 0.25) is 5.91 Å². The minimum absolute atomic E-state index is 0.00112. The molecule has 8 nitrogen and oxygen atoms in total. The number of amides is 2. The Balaban J connectivity index is 1.69. The van der Waals surface area contributed by atoms with Crippen LogP contribution in [0.4, 0.5) is 10.5 Å². The minimum atomic E-state index is -0.395. The van der Waals surface area contributed by atoms with Gasteiger partial charge in [0.15, 0.2) is 0 Å². The standard InChI is InChI=1S/C25H29N3O5S/c1-4-33-25(30)27-15-13-26(14-16-27)24(29)12-10-19-9-11-23(21(17-19)28(31)32)34-22-8-6-5-7-20(22)18(2)3/h5-12,17-18H,4,13-16H2,1-3H3/b12-10+. The highest BCUT2D eigenvalue weighted by Crippen LogP contribution is 2.39. The molecule has 0 atom stereocenters. The van der Waals surface area contributed by atoms with Crippen LogP contribution in [0.1, 0.15) is 37.8 Å². The summed E-state index contributed by atoms with van der Waals surface area (Å²) in [6.07, 6.45) is 2.63. The number of nitro groups is 1. The van der Waals surface area contributed by atoms with Crippen molar-refractivity contribution >= 4 is 35.5 Å². The van der Waals surface area contributed by atoms with Crippen molar-refractivity contribution in [3.05, 3.63) is 69.8 Å². The van der Waals surface area contributed by atoms with Crippen LogP contribution in [0, 0.1) is 10.1 Å². The van der Waals surface area contributed by atoms with Crippen LogP contribution in [0.15, 0.2) is 58.3 Å². The van der Waals surface area contributed by atoms with E-state index in [2.05, 4.69) is 13.8 Å².